The smallest absolute Gasteiger partial charge is 0.281 e. The van der Waals surface area contributed by atoms with E-state index in [-0.39, 0.29) is 5.91 Å². The summed E-state index contributed by atoms with van der Waals surface area (Å²) in [6.07, 6.45) is 3.21. The Morgan fingerprint density at radius 3 is 2.43 bits per heavy atom. The van der Waals surface area contributed by atoms with Gasteiger partial charge in [0.25, 0.3) is 16.1 Å². The van der Waals surface area contributed by atoms with Gasteiger partial charge in [-0.1, -0.05) is 0 Å². The highest BCUT2D eigenvalue weighted by Gasteiger charge is 2.31. The molecule has 0 radical (unpaired) electrons. The van der Waals surface area contributed by atoms with Crippen LogP contribution in [0.15, 0.2) is 6.07 Å². The van der Waals surface area contributed by atoms with Crippen LogP contribution in [0.25, 0.3) is 0 Å². The van der Waals surface area contributed by atoms with E-state index in [1.54, 1.807) is 4.90 Å². The van der Waals surface area contributed by atoms with Crippen molar-refractivity contribution in [2.24, 2.45) is 0 Å². The lowest BCUT2D eigenvalue weighted by atomic mass is 10.1. The molecule has 0 N–H and O–H groups in total. The van der Waals surface area contributed by atoms with Crippen molar-refractivity contribution >= 4 is 16.1 Å². The molecule has 1 aromatic heterocycles. The summed E-state index contributed by atoms with van der Waals surface area (Å²) >= 11 is 0. The second-order valence-electron chi connectivity index (χ2n) is 6.18. The fourth-order valence-corrected chi connectivity index (χ4v) is 4.12. The number of amides is 1. The number of hydrogen-bond donors (Lipinski definition) is 0. The molecule has 0 aromatic carbocycles. The van der Waals surface area contributed by atoms with E-state index in [9.17, 15) is 13.2 Å². The lowest BCUT2D eigenvalue weighted by molar-refractivity contribution is 0.0688. The molecule has 3 rings (SSSR count). The molecule has 8 nitrogen and oxygen atoms in total. The van der Waals surface area contributed by atoms with Gasteiger partial charge in [-0.3, -0.25) is 9.48 Å². The average molecular weight is 341 g/mol. The third kappa shape index (κ3) is 3.13. The first kappa shape index (κ1) is 16.4. The fourth-order valence-electron chi connectivity index (χ4n) is 3.04. The van der Waals surface area contributed by atoms with Gasteiger partial charge in [0.15, 0.2) is 5.69 Å². The Labute approximate surface area is 136 Å². The number of rotatable bonds is 3. The van der Waals surface area contributed by atoms with Crippen LogP contribution in [0.2, 0.25) is 0 Å². The first-order valence-corrected chi connectivity index (χ1v) is 9.33. The second kappa shape index (κ2) is 6.21. The highest BCUT2D eigenvalue weighted by atomic mass is 32.2. The second-order valence-corrected chi connectivity index (χ2v) is 8.32. The van der Waals surface area contributed by atoms with Gasteiger partial charge in [0.2, 0.25) is 0 Å². The zero-order valence-corrected chi connectivity index (χ0v) is 14.4. The Kier molecular flexibility index (Phi) is 4.43. The van der Waals surface area contributed by atoms with Crippen LogP contribution in [-0.4, -0.2) is 77.9 Å². The molecule has 1 aromatic rings. The number of fused-ring (bicyclic) bond motifs is 1. The summed E-state index contributed by atoms with van der Waals surface area (Å²) in [6.45, 7) is 2.30. The van der Waals surface area contributed by atoms with Crippen LogP contribution in [-0.2, 0) is 23.2 Å². The van der Waals surface area contributed by atoms with Crippen LogP contribution in [0, 0.1) is 0 Å². The van der Waals surface area contributed by atoms with E-state index in [2.05, 4.69) is 5.10 Å². The Balaban J connectivity index is 1.66. The Morgan fingerprint density at radius 1 is 1.13 bits per heavy atom. The van der Waals surface area contributed by atoms with Gasteiger partial charge in [-0.2, -0.15) is 22.1 Å². The van der Waals surface area contributed by atoms with Crippen molar-refractivity contribution in [2.45, 2.75) is 25.8 Å². The lowest BCUT2D eigenvalue weighted by Crippen LogP contribution is -2.53. The molecule has 1 amide bonds. The van der Waals surface area contributed by atoms with Crippen LogP contribution < -0.4 is 0 Å². The van der Waals surface area contributed by atoms with Gasteiger partial charge in [-0.15, -0.1) is 0 Å². The number of nitrogens with zero attached hydrogens (tertiary/aromatic N) is 5. The van der Waals surface area contributed by atoms with E-state index in [4.69, 9.17) is 0 Å². The largest absolute Gasteiger partial charge is 0.335 e. The topological polar surface area (TPSA) is 78.8 Å². The number of piperazine rings is 1. The maximum absolute atomic E-state index is 12.6. The molecule has 128 valence electrons. The summed E-state index contributed by atoms with van der Waals surface area (Å²) in [7, 11) is -0.374. The molecule has 0 spiro atoms. The van der Waals surface area contributed by atoms with Gasteiger partial charge in [-0.25, -0.2) is 0 Å². The summed E-state index contributed by atoms with van der Waals surface area (Å²) in [6, 6.07) is 1.88. The first-order chi connectivity index (χ1) is 10.9. The van der Waals surface area contributed by atoms with Crippen LogP contribution in [0.5, 0.6) is 0 Å². The van der Waals surface area contributed by atoms with Gasteiger partial charge in [0, 0.05) is 52.5 Å². The SMILES string of the molecule is CN(C)S(=O)(=O)N1CCN(C(=O)c2cc3n(n2)CCCC3)CC1. The minimum atomic E-state index is -3.41. The van der Waals surface area contributed by atoms with Crippen LogP contribution >= 0.6 is 0 Å². The van der Waals surface area contributed by atoms with Crippen molar-refractivity contribution in [1.29, 1.82) is 0 Å². The number of hydrogen-bond acceptors (Lipinski definition) is 4. The molecule has 0 saturated carbocycles. The van der Waals surface area contributed by atoms with Crippen molar-refractivity contribution in [2.75, 3.05) is 40.3 Å². The summed E-state index contributed by atoms with van der Waals surface area (Å²) < 4.78 is 28.7. The molecule has 2 aliphatic heterocycles. The monoisotopic (exact) mass is 341 g/mol. The van der Waals surface area contributed by atoms with Crippen molar-refractivity contribution in [3.63, 3.8) is 0 Å². The molecule has 3 heterocycles. The van der Waals surface area contributed by atoms with E-state index in [1.165, 1.54) is 22.7 Å². The van der Waals surface area contributed by atoms with E-state index in [0.717, 1.165) is 31.5 Å². The van der Waals surface area contributed by atoms with Gasteiger partial charge in [-0.05, 0) is 25.3 Å². The van der Waals surface area contributed by atoms with E-state index in [1.807, 2.05) is 10.7 Å². The number of aryl methyl sites for hydroxylation is 2. The van der Waals surface area contributed by atoms with E-state index >= 15 is 0 Å². The van der Waals surface area contributed by atoms with Crippen molar-refractivity contribution in [3.8, 4) is 0 Å². The first-order valence-electron chi connectivity index (χ1n) is 7.93. The maximum Gasteiger partial charge on any atom is 0.281 e. The van der Waals surface area contributed by atoms with Crippen LogP contribution in [0.4, 0.5) is 0 Å². The normalized spacial score (nSPS) is 19.9. The number of carbonyl (C=O) groups is 1. The quantitative estimate of drug-likeness (QED) is 0.762. The summed E-state index contributed by atoms with van der Waals surface area (Å²) in [4.78, 5) is 14.3. The average Bonchev–Trinajstić information content (AvgIpc) is 2.98. The van der Waals surface area contributed by atoms with Crippen molar-refractivity contribution < 1.29 is 13.2 Å². The zero-order valence-electron chi connectivity index (χ0n) is 13.6. The highest BCUT2D eigenvalue weighted by molar-refractivity contribution is 7.86. The van der Waals surface area contributed by atoms with Crippen molar-refractivity contribution in [1.82, 2.24) is 23.3 Å². The van der Waals surface area contributed by atoms with Gasteiger partial charge in [0.1, 0.15) is 0 Å². The standard InChI is InChI=1S/C14H23N5O3S/c1-16(2)23(21,22)18-9-7-17(8-10-18)14(20)13-11-12-5-3-4-6-19(12)15-13/h11H,3-10H2,1-2H3. The Hall–Kier alpha value is -1.45. The maximum atomic E-state index is 12.6. The predicted octanol–water partition coefficient (Wildman–Crippen LogP) is -0.216. The molecule has 0 aliphatic carbocycles. The third-order valence-corrected chi connectivity index (χ3v) is 6.39. The molecule has 0 unspecified atom stereocenters. The summed E-state index contributed by atoms with van der Waals surface area (Å²) in [5.74, 6) is -0.103. The predicted molar refractivity (Wildman–Crippen MR) is 85.2 cm³/mol. The summed E-state index contributed by atoms with van der Waals surface area (Å²) in [5.41, 5.74) is 1.60. The lowest BCUT2D eigenvalue weighted by Gasteiger charge is -2.34. The molecule has 1 fully saturated rings. The van der Waals surface area contributed by atoms with Gasteiger partial charge in [0.05, 0.1) is 0 Å². The molecule has 23 heavy (non-hydrogen) atoms. The Bertz CT molecular complexity index is 666. The fraction of sp³-hybridized carbons (Fsp3) is 0.714. The van der Waals surface area contributed by atoms with Gasteiger partial charge >= 0.3 is 0 Å². The molecular weight excluding hydrogens is 318 g/mol. The van der Waals surface area contributed by atoms with Crippen LogP contribution in [0.1, 0.15) is 29.0 Å². The minimum absolute atomic E-state index is 0.103. The molecule has 0 bridgehead atoms. The highest BCUT2D eigenvalue weighted by Crippen LogP contribution is 2.17. The van der Waals surface area contributed by atoms with Gasteiger partial charge < -0.3 is 4.90 Å². The molecule has 0 atom stereocenters. The van der Waals surface area contributed by atoms with Crippen molar-refractivity contribution in [3.05, 3.63) is 17.5 Å². The third-order valence-electron chi connectivity index (χ3n) is 4.45. The van der Waals surface area contributed by atoms with Crippen LogP contribution in [0.3, 0.4) is 0 Å². The summed E-state index contributed by atoms with van der Waals surface area (Å²) in [5, 5.41) is 4.41. The van der Waals surface area contributed by atoms with E-state index in [0.29, 0.717) is 31.9 Å². The number of aromatic nitrogens is 2. The molecule has 2 aliphatic rings. The molecule has 1 saturated heterocycles. The number of carbonyl (C=O) groups excluding carboxylic acids is 1. The molecular formula is C14H23N5O3S. The molecule has 9 heteroatoms. The zero-order chi connectivity index (χ0) is 16.6. The Morgan fingerprint density at radius 2 is 1.83 bits per heavy atom. The van der Waals surface area contributed by atoms with E-state index < -0.39 is 10.2 Å². The minimum Gasteiger partial charge on any atom is -0.335 e.